The molecule has 0 bridgehead atoms. The number of halogens is 2. The van der Waals surface area contributed by atoms with Gasteiger partial charge in [0.25, 0.3) is 0 Å². The highest BCUT2D eigenvalue weighted by Gasteiger charge is 2.08. The van der Waals surface area contributed by atoms with Crippen molar-refractivity contribution in [1.29, 1.82) is 0 Å². The van der Waals surface area contributed by atoms with Crippen LogP contribution in [0.2, 0.25) is 5.02 Å². The fourth-order valence-corrected chi connectivity index (χ4v) is 1.10. The number of urea groups is 1. The first-order chi connectivity index (χ1) is 6.15. The summed E-state index contributed by atoms with van der Waals surface area (Å²) < 4.78 is 0. The van der Waals surface area contributed by atoms with Gasteiger partial charge in [0.2, 0.25) is 0 Å². The van der Waals surface area contributed by atoms with Gasteiger partial charge in [-0.25, -0.2) is 9.63 Å². The highest BCUT2D eigenvalue weighted by atomic mass is 35.5. The van der Waals surface area contributed by atoms with Crippen molar-refractivity contribution in [3.05, 3.63) is 29.3 Å². The number of anilines is 1. The fourth-order valence-electron chi connectivity index (χ4n) is 0.845. The minimum absolute atomic E-state index is 0.385. The van der Waals surface area contributed by atoms with Crippen LogP contribution in [-0.4, -0.2) is 13.1 Å². The van der Waals surface area contributed by atoms with E-state index in [9.17, 15) is 4.79 Å². The Hall–Kier alpha value is -0.930. The molecule has 1 aromatic carbocycles. The first-order valence-electron chi connectivity index (χ1n) is 3.55. The van der Waals surface area contributed by atoms with E-state index in [4.69, 9.17) is 23.4 Å². The maximum Gasteiger partial charge on any atom is 0.336 e. The zero-order valence-electron chi connectivity index (χ0n) is 6.92. The van der Waals surface area contributed by atoms with Gasteiger partial charge in [0, 0.05) is 29.5 Å². The molecule has 0 radical (unpaired) electrons. The average molecular weight is 219 g/mol. The zero-order chi connectivity index (χ0) is 9.84. The molecule has 0 heterocycles. The molecular formula is C8H8Cl2N2O. The number of hydrogen-bond donors (Lipinski definition) is 1. The standard InChI is InChI=1S/C8H8Cl2N2O/c1-12(8(13)11-10)7-4-2-6(9)3-5-7/h2-5H,1H3,(H,11,13). The second kappa shape index (κ2) is 4.35. The van der Waals surface area contributed by atoms with Gasteiger partial charge in [-0.1, -0.05) is 11.6 Å². The maximum atomic E-state index is 11.0. The lowest BCUT2D eigenvalue weighted by Gasteiger charge is -2.15. The molecule has 70 valence electrons. The summed E-state index contributed by atoms with van der Waals surface area (Å²) in [6.45, 7) is 0. The van der Waals surface area contributed by atoms with E-state index in [1.807, 2.05) is 4.84 Å². The molecule has 0 fully saturated rings. The Labute approximate surface area is 86.4 Å². The van der Waals surface area contributed by atoms with Crippen molar-refractivity contribution in [1.82, 2.24) is 4.84 Å². The van der Waals surface area contributed by atoms with Crippen molar-refractivity contribution in [2.45, 2.75) is 0 Å². The molecule has 0 aromatic heterocycles. The van der Waals surface area contributed by atoms with Crippen LogP contribution in [-0.2, 0) is 0 Å². The van der Waals surface area contributed by atoms with Gasteiger partial charge in [0.05, 0.1) is 0 Å². The Kier molecular flexibility index (Phi) is 3.39. The second-order valence-electron chi connectivity index (χ2n) is 2.44. The van der Waals surface area contributed by atoms with E-state index in [0.29, 0.717) is 5.02 Å². The molecule has 3 nitrogen and oxygen atoms in total. The number of nitrogens with zero attached hydrogens (tertiary/aromatic N) is 1. The third kappa shape index (κ3) is 2.50. The molecule has 1 rings (SSSR count). The highest BCUT2D eigenvalue weighted by Crippen LogP contribution is 2.16. The molecule has 2 amide bonds. The lowest BCUT2D eigenvalue weighted by molar-refractivity contribution is 0.252. The van der Waals surface area contributed by atoms with Crippen LogP contribution in [0.15, 0.2) is 24.3 Å². The Morgan fingerprint density at radius 1 is 1.38 bits per heavy atom. The molecule has 1 N–H and O–H groups in total. The summed E-state index contributed by atoms with van der Waals surface area (Å²) in [6.07, 6.45) is 0. The molecule has 0 aliphatic heterocycles. The van der Waals surface area contributed by atoms with Gasteiger partial charge in [-0.05, 0) is 24.3 Å². The van der Waals surface area contributed by atoms with Gasteiger partial charge in [0.15, 0.2) is 0 Å². The van der Waals surface area contributed by atoms with Crippen molar-refractivity contribution in [2.75, 3.05) is 11.9 Å². The van der Waals surface area contributed by atoms with Crippen LogP contribution >= 0.6 is 23.4 Å². The summed E-state index contributed by atoms with van der Waals surface area (Å²) in [6, 6.07) is 6.48. The van der Waals surface area contributed by atoms with Crippen LogP contribution in [0.1, 0.15) is 0 Å². The van der Waals surface area contributed by atoms with E-state index >= 15 is 0 Å². The summed E-state index contributed by atoms with van der Waals surface area (Å²) in [4.78, 5) is 14.4. The minimum Gasteiger partial charge on any atom is -0.297 e. The maximum absolute atomic E-state index is 11.0. The van der Waals surface area contributed by atoms with Crippen molar-refractivity contribution in [3.8, 4) is 0 Å². The summed E-state index contributed by atoms with van der Waals surface area (Å²) in [5.74, 6) is 0. The van der Waals surface area contributed by atoms with Crippen LogP contribution < -0.4 is 9.74 Å². The van der Waals surface area contributed by atoms with E-state index in [-0.39, 0.29) is 6.03 Å². The summed E-state index contributed by atoms with van der Waals surface area (Å²) in [7, 11) is 1.61. The van der Waals surface area contributed by atoms with Crippen LogP contribution in [0.5, 0.6) is 0 Å². The number of hydrogen-bond acceptors (Lipinski definition) is 1. The summed E-state index contributed by atoms with van der Waals surface area (Å²) in [5, 5.41) is 0.628. The molecule has 0 aliphatic carbocycles. The molecule has 5 heteroatoms. The molecular weight excluding hydrogens is 211 g/mol. The molecule has 0 atom stereocenters. The van der Waals surface area contributed by atoms with Crippen LogP contribution in [0.3, 0.4) is 0 Å². The van der Waals surface area contributed by atoms with E-state index in [2.05, 4.69) is 0 Å². The Bertz CT molecular complexity index is 300. The topological polar surface area (TPSA) is 32.3 Å². The predicted molar refractivity (Wildman–Crippen MR) is 54.2 cm³/mol. The van der Waals surface area contributed by atoms with Crippen molar-refractivity contribution in [2.24, 2.45) is 0 Å². The second-order valence-corrected chi connectivity index (χ2v) is 3.06. The molecule has 0 saturated heterocycles. The smallest absolute Gasteiger partial charge is 0.297 e. The highest BCUT2D eigenvalue weighted by molar-refractivity contribution is 6.30. The average Bonchev–Trinajstić information content (AvgIpc) is 2.17. The van der Waals surface area contributed by atoms with E-state index in [0.717, 1.165) is 5.69 Å². The molecule has 13 heavy (non-hydrogen) atoms. The largest absolute Gasteiger partial charge is 0.336 e. The number of nitrogens with one attached hydrogen (secondary N) is 1. The fraction of sp³-hybridized carbons (Fsp3) is 0.125. The van der Waals surface area contributed by atoms with Crippen molar-refractivity contribution in [3.63, 3.8) is 0 Å². The van der Waals surface area contributed by atoms with E-state index in [1.54, 1.807) is 31.3 Å². The first-order valence-corrected chi connectivity index (χ1v) is 4.30. The number of carbonyl (C=O) groups is 1. The monoisotopic (exact) mass is 218 g/mol. The number of carbonyl (C=O) groups excluding carboxylic acids is 1. The van der Waals surface area contributed by atoms with Gasteiger partial charge in [-0.3, -0.25) is 4.90 Å². The lowest BCUT2D eigenvalue weighted by Crippen LogP contribution is -2.31. The first kappa shape index (κ1) is 10.2. The Morgan fingerprint density at radius 3 is 2.38 bits per heavy atom. The van der Waals surface area contributed by atoms with E-state index < -0.39 is 0 Å². The molecule has 0 aliphatic rings. The van der Waals surface area contributed by atoms with Gasteiger partial charge < -0.3 is 0 Å². The van der Waals surface area contributed by atoms with Gasteiger partial charge in [-0.15, -0.1) is 0 Å². The number of rotatable bonds is 1. The summed E-state index contributed by atoms with van der Waals surface area (Å²) in [5.41, 5.74) is 0.725. The Morgan fingerprint density at radius 2 is 1.92 bits per heavy atom. The SMILES string of the molecule is CN(C(=O)NCl)c1ccc(Cl)cc1. The van der Waals surface area contributed by atoms with Crippen LogP contribution in [0.4, 0.5) is 10.5 Å². The van der Waals surface area contributed by atoms with Gasteiger partial charge in [0.1, 0.15) is 0 Å². The summed E-state index contributed by atoms with van der Waals surface area (Å²) >= 11 is 10.8. The van der Waals surface area contributed by atoms with Crippen molar-refractivity contribution < 1.29 is 4.79 Å². The minimum atomic E-state index is -0.385. The predicted octanol–water partition coefficient (Wildman–Crippen LogP) is 2.64. The van der Waals surface area contributed by atoms with Gasteiger partial charge in [-0.2, -0.15) is 0 Å². The van der Waals surface area contributed by atoms with E-state index in [1.165, 1.54) is 4.90 Å². The number of benzene rings is 1. The zero-order valence-corrected chi connectivity index (χ0v) is 8.43. The quantitative estimate of drug-likeness (QED) is 0.723. The molecule has 0 spiro atoms. The van der Waals surface area contributed by atoms with Crippen LogP contribution in [0, 0.1) is 0 Å². The van der Waals surface area contributed by atoms with Crippen LogP contribution in [0.25, 0.3) is 0 Å². The van der Waals surface area contributed by atoms with Crippen molar-refractivity contribution >= 4 is 35.1 Å². The molecule has 0 saturated carbocycles. The number of amides is 2. The lowest BCUT2D eigenvalue weighted by atomic mass is 10.3. The Balaban J connectivity index is 2.83. The molecule has 0 unspecified atom stereocenters. The molecule has 1 aromatic rings. The third-order valence-electron chi connectivity index (χ3n) is 1.60. The normalized spacial score (nSPS) is 9.46. The third-order valence-corrected chi connectivity index (χ3v) is 2.01. The van der Waals surface area contributed by atoms with Gasteiger partial charge >= 0.3 is 6.03 Å².